The number of thiophene rings is 2. The van der Waals surface area contributed by atoms with Gasteiger partial charge in [-0.3, -0.25) is 0 Å². The van der Waals surface area contributed by atoms with E-state index >= 15 is 0 Å². The van der Waals surface area contributed by atoms with Gasteiger partial charge >= 0.3 is 0 Å². The molecule has 2 aromatic heterocycles. The maximum atomic E-state index is 2.58. The molecule has 0 fully saturated rings. The van der Waals surface area contributed by atoms with Gasteiger partial charge in [-0.15, -0.1) is 22.7 Å². The predicted octanol–water partition coefficient (Wildman–Crippen LogP) is 27.8. The number of fused-ring (bicyclic) bond motifs is 15. The lowest BCUT2D eigenvalue weighted by Crippen LogP contribution is -1.93. The zero-order valence-corrected chi connectivity index (χ0v) is 53.8. The molecule has 2 heterocycles. The van der Waals surface area contributed by atoms with Crippen molar-refractivity contribution < 1.29 is 0 Å². The van der Waals surface area contributed by atoms with Crippen molar-refractivity contribution >= 4 is 138 Å². The second-order valence-corrected chi connectivity index (χ2v) is 27.7. The van der Waals surface area contributed by atoms with Crippen LogP contribution in [0.1, 0.15) is 0 Å². The Hall–Kier alpha value is -11.8. The molecule has 0 saturated carbocycles. The molecule has 0 N–H and O–H groups in total. The Morgan fingerprint density at radius 2 is 0.396 bits per heavy atom. The topological polar surface area (TPSA) is 0 Å². The maximum Gasteiger partial charge on any atom is 0.0440 e. The van der Waals surface area contributed by atoms with Gasteiger partial charge in [-0.25, -0.2) is 0 Å². The minimum absolute atomic E-state index is 1.19. The maximum absolute atomic E-state index is 2.58. The Morgan fingerprint density at radius 3 is 0.719 bits per heavy atom. The first-order chi connectivity index (χ1) is 47.7. The first-order valence-corrected chi connectivity index (χ1v) is 34.8. The molecule has 444 valence electrons. The van der Waals surface area contributed by atoms with E-state index in [0.717, 1.165) is 0 Å². The molecule has 0 saturated heterocycles. The van der Waals surface area contributed by atoms with Crippen molar-refractivity contribution in [1.29, 1.82) is 0 Å². The summed E-state index contributed by atoms with van der Waals surface area (Å²) in [6.07, 6.45) is 0. The van der Waals surface area contributed by atoms with Crippen molar-refractivity contribution in [2.24, 2.45) is 0 Å². The molecule has 0 amide bonds. The van der Waals surface area contributed by atoms with E-state index in [1.54, 1.807) is 0 Å². The van der Waals surface area contributed by atoms with Crippen LogP contribution in [0, 0.1) is 0 Å². The molecule has 96 heavy (non-hydrogen) atoms. The molecule has 0 bridgehead atoms. The van der Waals surface area contributed by atoms with E-state index in [0.29, 0.717) is 0 Å². The summed E-state index contributed by atoms with van der Waals surface area (Å²) in [6.45, 7) is 0. The summed E-state index contributed by atoms with van der Waals surface area (Å²) in [6, 6.07) is 127. The summed E-state index contributed by atoms with van der Waals surface area (Å²) in [7, 11) is 0. The Balaban J connectivity index is 0.807. The second-order valence-electron chi connectivity index (χ2n) is 25.5. The van der Waals surface area contributed by atoms with Crippen molar-refractivity contribution in [1.82, 2.24) is 0 Å². The Labute approximate surface area is 563 Å². The molecule has 0 aliphatic rings. The highest BCUT2D eigenvalue weighted by Gasteiger charge is 2.27. The molecule has 0 spiro atoms. The van der Waals surface area contributed by atoms with E-state index in [1.807, 2.05) is 22.7 Å². The van der Waals surface area contributed by atoms with Gasteiger partial charge in [0.1, 0.15) is 0 Å². The van der Waals surface area contributed by atoms with E-state index in [4.69, 9.17) is 0 Å². The van der Waals surface area contributed by atoms with Gasteiger partial charge in [0.2, 0.25) is 0 Å². The number of hydrogen-bond donors (Lipinski definition) is 0. The van der Waals surface area contributed by atoms with Gasteiger partial charge in [0.05, 0.1) is 0 Å². The molecule has 18 aromatic carbocycles. The van der Waals surface area contributed by atoms with Gasteiger partial charge in [-0.2, -0.15) is 0 Å². The van der Waals surface area contributed by atoms with Crippen molar-refractivity contribution in [3.63, 3.8) is 0 Å². The van der Waals surface area contributed by atoms with Gasteiger partial charge in [-0.1, -0.05) is 297 Å². The fraction of sp³-hybridized carbons (Fsp3) is 0. The van der Waals surface area contributed by atoms with E-state index < -0.39 is 0 Å². The van der Waals surface area contributed by atoms with E-state index in [9.17, 15) is 0 Å². The number of hydrogen-bond acceptors (Lipinski definition) is 2. The van der Waals surface area contributed by atoms with Crippen LogP contribution < -0.4 is 0 Å². The van der Waals surface area contributed by atoms with E-state index in [1.165, 1.54) is 205 Å². The van der Waals surface area contributed by atoms with Gasteiger partial charge in [-0.05, 0) is 190 Å². The molecule has 0 aliphatic heterocycles. The van der Waals surface area contributed by atoms with Crippen LogP contribution in [0.25, 0.3) is 205 Å². The quantitative estimate of drug-likeness (QED) is 0.133. The highest BCUT2D eigenvalue weighted by atomic mass is 32.1. The second kappa shape index (κ2) is 21.9. The molecular weight excluding hydrogens is 1190 g/mol. The monoisotopic (exact) mass is 1250 g/mol. The summed E-state index contributed by atoms with van der Waals surface area (Å²) in [5.41, 5.74) is 19.7. The standard InChI is InChI=1S/C94H56S2/c1-4-26-57(27-5-1)62-52-63(58-28-6-2-7-29-58)54-64(53-62)87-68-34-12-10-32-66(68)85(67-33-11-13-35-69(67)87)60-48-50-61(51-49-60)86-72-38-16-20-42-76(72)90(77-43-21-17-39-73(77)86)81-56-65-55-80(89-74-40-18-14-36-70(74)84(59-30-8-3-9-31-59)71-37-15-19-41-75(71)89)93-91(78-44-22-24-46-82(78)95-93)88(65)92-79-45-23-25-47-83(79)96-94(81)92/h1-56H. The van der Waals surface area contributed by atoms with Crippen LogP contribution >= 0.6 is 22.7 Å². The highest BCUT2D eigenvalue weighted by Crippen LogP contribution is 2.56. The molecule has 2 heteroatoms. The lowest BCUT2D eigenvalue weighted by molar-refractivity contribution is 1.58. The zero-order valence-electron chi connectivity index (χ0n) is 52.1. The van der Waals surface area contributed by atoms with Gasteiger partial charge in [0, 0.05) is 56.9 Å². The average molecular weight is 1250 g/mol. The first-order valence-electron chi connectivity index (χ1n) is 33.1. The normalized spacial score (nSPS) is 12.0. The highest BCUT2D eigenvalue weighted by molar-refractivity contribution is 7.27. The fourth-order valence-corrected chi connectivity index (χ4v) is 18.8. The molecule has 0 atom stereocenters. The van der Waals surface area contributed by atoms with Crippen LogP contribution in [-0.2, 0) is 0 Å². The van der Waals surface area contributed by atoms with Gasteiger partial charge in [0.15, 0.2) is 0 Å². The minimum atomic E-state index is 1.19. The minimum Gasteiger partial charge on any atom is -0.135 e. The zero-order chi connectivity index (χ0) is 63.0. The van der Waals surface area contributed by atoms with Crippen LogP contribution in [0.2, 0.25) is 0 Å². The Kier molecular flexibility index (Phi) is 12.5. The Bertz CT molecular complexity index is 6360. The summed E-state index contributed by atoms with van der Waals surface area (Å²) >= 11 is 3.88. The van der Waals surface area contributed by atoms with Crippen molar-refractivity contribution in [2.45, 2.75) is 0 Å². The van der Waals surface area contributed by atoms with Gasteiger partial charge < -0.3 is 0 Å². The number of rotatable bonds is 8. The van der Waals surface area contributed by atoms with E-state index in [-0.39, 0.29) is 0 Å². The Morgan fingerprint density at radius 1 is 0.156 bits per heavy atom. The van der Waals surface area contributed by atoms with E-state index in [2.05, 4.69) is 340 Å². The summed E-state index contributed by atoms with van der Waals surface area (Å²) in [5.74, 6) is 0. The molecule has 0 unspecified atom stereocenters. The molecule has 0 nitrogen and oxygen atoms in total. The molecular formula is C94H56S2. The van der Waals surface area contributed by atoms with Crippen LogP contribution in [0.4, 0.5) is 0 Å². The van der Waals surface area contributed by atoms with Crippen LogP contribution in [0.15, 0.2) is 340 Å². The van der Waals surface area contributed by atoms with Crippen molar-refractivity contribution in [3.8, 4) is 89.0 Å². The summed E-state index contributed by atoms with van der Waals surface area (Å²) in [4.78, 5) is 0. The third-order valence-corrected chi connectivity index (χ3v) is 22.8. The number of benzene rings is 18. The third-order valence-electron chi connectivity index (χ3n) is 20.4. The van der Waals surface area contributed by atoms with Crippen LogP contribution in [0.3, 0.4) is 0 Å². The molecule has 0 radical (unpaired) electrons. The van der Waals surface area contributed by atoms with Gasteiger partial charge in [0.25, 0.3) is 0 Å². The van der Waals surface area contributed by atoms with Crippen molar-refractivity contribution in [3.05, 3.63) is 340 Å². The smallest absolute Gasteiger partial charge is 0.0440 e. The SMILES string of the molecule is c1ccc(-c2cc(-c3ccccc3)cc(-c3c4ccccc4c(-c4ccc(-c5c6ccccc6c(-c6cc7cc(-c8c9ccccc9c(-c9ccccc9)c9ccccc89)c8sc9ccccc9c8c7c7c6sc6ccccc67)c6ccccc56)cc4)c4ccccc34)c2)cc1. The largest absolute Gasteiger partial charge is 0.135 e. The fourth-order valence-electron chi connectivity index (χ4n) is 16.4. The predicted molar refractivity (Wildman–Crippen MR) is 418 cm³/mol. The first kappa shape index (κ1) is 54.7. The summed E-state index contributed by atoms with van der Waals surface area (Å²) in [5, 5.41) is 22.7. The lowest BCUT2D eigenvalue weighted by atomic mass is 9.82. The van der Waals surface area contributed by atoms with Crippen LogP contribution in [0.5, 0.6) is 0 Å². The average Bonchev–Trinajstić information content (AvgIpc) is 1.30. The molecule has 0 aliphatic carbocycles. The van der Waals surface area contributed by atoms with Crippen molar-refractivity contribution in [2.75, 3.05) is 0 Å². The summed E-state index contributed by atoms with van der Waals surface area (Å²) < 4.78 is 5.23. The lowest BCUT2D eigenvalue weighted by Gasteiger charge is -2.21. The molecule has 20 rings (SSSR count). The van der Waals surface area contributed by atoms with Crippen LogP contribution in [-0.4, -0.2) is 0 Å². The third kappa shape index (κ3) is 8.39. The molecule has 20 aromatic rings.